The third-order valence-corrected chi connectivity index (χ3v) is 2.76. The van der Waals surface area contributed by atoms with Crippen LogP contribution in [-0.4, -0.2) is 0 Å². The molecule has 18 heavy (non-hydrogen) atoms. The van der Waals surface area contributed by atoms with Crippen LogP contribution in [0, 0.1) is 24.1 Å². The van der Waals surface area contributed by atoms with Crippen LogP contribution in [0.2, 0.25) is 5.22 Å². The Balaban J connectivity index is 2.19. The summed E-state index contributed by atoms with van der Waals surface area (Å²) < 4.78 is 18.7. The molecular weight excluding hydrogens is 255 g/mol. The number of anilines is 1. The van der Waals surface area contributed by atoms with Crippen LogP contribution < -0.4 is 5.32 Å². The van der Waals surface area contributed by atoms with Crippen molar-refractivity contribution in [3.05, 3.63) is 52.2 Å². The third kappa shape index (κ3) is 2.63. The quantitative estimate of drug-likeness (QED) is 0.916. The minimum absolute atomic E-state index is 0.276. The van der Waals surface area contributed by atoms with Gasteiger partial charge >= 0.3 is 0 Å². The summed E-state index contributed by atoms with van der Waals surface area (Å²) in [5.41, 5.74) is 1.31. The molecule has 0 saturated carbocycles. The molecule has 0 aliphatic carbocycles. The molecule has 1 N–H and O–H groups in total. The van der Waals surface area contributed by atoms with Crippen molar-refractivity contribution >= 4 is 17.3 Å². The average molecular weight is 265 g/mol. The van der Waals surface area contributed by atoms with Gasteiger partial charge in [0.1, 0.15) is 11.6 Å². The van der Waals surface area contributed by atoms with E-state index >= 15 is 0 Å². The maximum absolute atomic E-state index is 13.5. The number of hydrogen-bond donors (Lipinski definition) is 1. The lowest BCUT2D eigenvalue weighted by molar-refractivity contribution is 0.520. The molecule has 1 aromatic heterocycles. The predicted octanol–water partition coefficient (Wildman–Crippen LogP) is 3.86. The monoisotopic (exact) mass is 264 g/mol. The van der Waals surface area contributed by atoms with Crippen molar-refractivity contribution in [3.8, 4) is 6.07 Å². The topological polar surface area (TPSA) is 49.0 Å². The van der Waals surface area contributed by atoms with Crippen LogP contribution in [0.1, 0.15) is 16.9 Å². The predicted molar refractivity (Wildman–Crippen MR) is 66.9 cm³/mol. The molecule has 3 nitrogen and oxygen atoms in total. The van der Waals surface area contributed by atoms with E-state index in [-0.39, 0.29) is 5.56 Å². The summed E-state index contributed by atoms with van der Waals surface area (Å²) in [5.74, 6) is 0.233. The Hall–Kier alpha value is -1.99. The fourth-order valence-corrected chi connectivity index (χ4v) is 1.72. The van der Waals surface area contributed by atoms with E-state index in [9.17, 15) is 4.39 Å². The average Bonchev–Trinajstić information content (AvgIpc) is 2.77. The Bertz CT molecular complexity index is 616. The van der Waals surface area contributed by atoms with Crippen LogP contribution in [0.3, 0.4) is 0 Å². The molecule has 0 fully saturated rings. The highest BCUT2D eigenvalue weighted by Gasteiger charge is 2.07. The van der Waals surface area contributed by atoms with Gasteiger partial charge in [-0.3, -0.25) is 0 Å². The zero-order valence-corrected chi connectivity index (χ0v) is 10.4. The Labute approximate surface area is 109 Å². The molecule has 0 aliphatic rings. The maximum atomic E-state index is 13.5. The molecule has 0 atom stereocenters. The second-order valence-corrected chi connectivity index (χ2v) is 4.17. The normalized spacial score (nSPS) is 10.1. The molecule has 0 bridgehead atoms. The van der Waals surface area contributed by atoms with Crippen molar-refractivity contribution in [3.63, 3.8) is 0 Å². The number of nitriles is 1. The Morgan fingerprint density at radius 3 is 2.83 bits per heavy atom. The first-order valence-electron chi connectivity index (χ1n) is 5.28. The molecule has 0 aliphatic heterocycles. The standard InChI is InChI=1S/C13H10ClFN2O/c1-8-11(15)4-9(6-16)5-12(8)17-7-10-2-3-13(14)18-10/h2-5,17H,7H2,1H3. The Kier molecular flexibility index (Phi) is 3.54. The maximum Gasteiger partial charge on any atom is 0.193 e. The van der Waals surface area contributed by atoms with Crippen LogP contribution in [0.5, 0.6) is 0 Å². The number of hydrogen-bond acceptors (Lipinski definition) is 3. The molecule has 92 valence electrons. The van der Waals surface area contributed by atoms with Gasteiger partial charge in [0.05, 0.1) is 18.2 Å². The summed E-state index contributed by atoms with van der Waals surface area (Å²) in [4.78, 5) is 0. The molecule has 0 unspecified atom stereocenters. The van der Waals surface area contributed by atoms with Gasteiger partial charge in [0, 0.05) is 11.3 Å². The molecule has 1 heterocycles. The lowest BCUT2D eigenvalue weighted by Gasteiger charge is -2.09. The highest BCUT2D eigenvalue weighted by Crippen LogP contribution is 2.22. The van der Waals surface area contributed by atoms with Crippen LogP contribution in [-0.2, 0) is 6.54 Å². The zero-order chi connectivity index (χ0) is 13.1. The van der Waals surface area contributed by atoms with E-state index in [0.717, 1.165) is 0 Å². The van der Waals surface area contributed by atoms with Crippen LogP contribution >= 0.6 is 11.6 Å². The SMILES string of the molecule is Cc1c(F)cc(C#N)cc1NCc1ccc(Cl)o1. The minimum atomic E-state index is -0.408. The molecule has 0 saturated heterocycles. The van der Waals surface area contributed by atoms with Gasteiger partial charge in [-0.25, -0.2) is 4.39 Å². The fourth-order valence-electron chi connectivity index (χ4n) is 1.56. The molecule has 5 heteroatoms. The minimum Gasteiger partial charge on any atom is -0.448 e. The lowest BCUT2D eigenvalue weighted by atomic mass is 10.1. The Morgan fingerprint density at radius 1 is 1.44 bits per heavy atom. The van der Waals surface area contributed by atoms with Gasteiger partial charge < -0.3 is 9.73 Å². The van der Waals surface area contributed by atoms with Crippen molar-refractivity contribution in [1.29, 1.82) is 5.26 Å². The van der Waals surface area contributed by atoms with Gasteiger partial charge in [-0.15, -0.1) is 0 Å². The first-order chi connectivity index (χ1) is 8.60. The molecule has 0 spiro atoms. The largest absolute Gasteiger partial charge is 0.448 e. The third-order valence-electron chi connectivity index (χ3n) is 2.56. The van der Waals surface area contributed by atoms with Crippen molar-refractivity contribution in [2.45, 2.75) is 13.5 Å². The van der Waals surface area contributed by atoms with Crippen LogP contribution in [0.15, 0.2) is 28.7 Å². The summed E-state index contributed by atoms with van der Waals surface area (Å²) in [7, 11) is 0. The van der Waals surface area contributed by atoms with E-state index in [1.54, 1.807) is 25.1 Å². The lowest BCUT2D eigenvalue weighted by Crippen LogP contribution is -2.02. The van der Waals surface area contributed by atoms with E-state index in [0.29, 0.717) is 28.8 Å². The van der Waals surface area contributed by atoms with Crippen LogP contribution in [0.25, 0.3) is 0 Å². The smallest absolute Gasteiger partial charge is 0.193 e. The van der Waals surface area contributed by atoms with Crippen molar-refractivity contribution in [2.24, 2.45) is 0 Å². The van der Waals surface area contributed by atoms with Crippen LogP contribution in [0.4, 0.5) is 10.1 Å². The van der Waals surface area contributed by atoms with Gasteiger partial charge in [-0.05, 0) is 42.8 Å². The number of rotatable bonds is 3. The summed E-state index contributed by atoms with van der Waals surface area (Å²) in [6, 6.07) is 8.09. The number of benzene rings is 1. The van der Waals surface area contributed by atoms with E-state index < -0.39 is 5.82 Å². The van der Waals surface area contributed by atoms with Gasteiger partial charge in [-0.1, -0.05) is 0 Å². The number of nitrogens with zero attached hydrogens (tertiary/aromatic N) is 1. The van der Waals surface area contributed by atoms with Crippen molar-refractivity contribution < 1.29 is 8.81 Å². The number of halogens is 2. The van der Waals surface area contributed by atoms with Gasteiger partial charge in [0.25, 0.3) is 0 Å². The summed E-state index contributed by atoms with van der Waals surface area (Å²) in [6.07, 6.45) is 0. The van der Waals surface area contributed by atoms with E-state index in [1.165, 1.54) is 6.07 Å². The molecule has 2 rings (SSSR count). The molecule has 2 aromatic rings. The fraction of sp³-hybridized carbons (Fsp3) is 0.154. The number of nitrogens with one attached hydrogen (secondary N) is 1. The van der Waals surface area contributed by atoms with Gasteiger partial charge in [-0.2, -0.15) is 5.26 Å². The molecule has 1 aromatic carbocycles. The summed E-state index contributed by atoms with van der Waals surface area (Å²) in [5, 5.41) is 12.1. The van der Waals surface area contributed by atoms with E-state index in [2.05, 4.69) is 5.32 Å². The molecule has 0 amide bonds. The van der Waals surface area contributed by atoms with Crippen molar-refractivity contribution in [2.75, 3.05) is 5.32 Å². The van der Waals surface area contributed by atoms with Crippen molar-refractivity contribution in [1.82, 2.24) is 0 Å². The highest BCUT2D eigenvalue weighted by atomic mass is 35.5. The second-order valence-electron chi connectivity index (χ2n) is 3.80. The molecule has 0 radical (unpaired) electrons. The Morgan fingerprint density at radius 2 is 2.22 bits per heavy atom. The van der Waals surface area contributed by atoms with E-state index in [1.807, 2.05) is 6.07 Å². The van der Waals surface area contributed by atoms with Gasteiger partial charge in [0.2, 0.25) is 0 Å². The first kappa shape index (κ1) is 12.5. The molecular formula is C13H10ClFN2O. The highest BCUT2D eigenvalue weighted by molar-refractivity contribution is 6.28. The first-order valence-corrected chi connectivity index (χ1v) is 5.66. The number of furan rings is 1. The second kappa shape index (κ2) is 5.11. The summed E-state index contributed by atoms with van der Waals surface area (Å²) in [6.45, 7) is 2.02. The van der Waals surface area contributed by atoms with E-state index in [4.69, 9.17) is 21.3 Å². The van der Waals surface area contributed by atoms with Gasteiger partial charge in [0.15, 0.2) is 5.22 Å². The zero-order valence-electron chi connectivity index (χ0n) is 9.63. The summed E-state index contributed by atoms with van der Waals surface area (Å²) >= 11 is 5.65.